The van der Waals surface area contributed by atoms with Gasteiger partial charge in [0.15, 0.2) is 0 Å². The third-order valence-corrected chi connectivity index (χ3v) is 7.87. The van der Waals surface area contributed by atoms with E-state index in [1.165, 1.54) is 17.8 Å². The van der Waals surface area contributed by atoms with Crippen LogP contribution in [0.5, 0.6) is 5.75 Å². The zero-order valence-corrected chi connectivity index (χ0v) is 21.5. The molecular weight excluding hydrogens is 506 g/mol. The zero-order chi connectivity index (χ0) is 23.8. The number of rotatable bonds is 7. The second kappa shape index (κ2) is 9.06. The highest BCUT2D eigenvalue weighted by Gasteiger charge is 2.38. The zero-order valence-electron chi connectivity index (χ0n) is 19.1. The number of nitrogens with zero attached hydrogens (tertiary/aromatic N) is 3. The van der Waals surface area contributed by atoms with Crippen LogP contribution in [-0.2, 0) is 4.79 Å². The SMILES string of the molecule is CC1(C)CC(Nc2cccc(-c3scc(OC(C(=O)O)c4nn[nH]n4)c3Br)c2)CC(C)(C)C1. The van der Waals surface area contributed by atoms with E-state index in [2.05, 4.69) is 81.7 Å². The maximum absolute atomic E-state index is 11.6. The Morgan fingerprint density at radius 1 is 1.30 bits per heavy atom. The Hall–Kier alpha value is -2.46. The molecule has 2 heterocycles. The Balaban J connectivity index is 1.53. The fourth-order valence-corrected chi connectivity index (χ4v) is 6.89. The van der Waals surface area contributed by atoms with E-state index >= 15 is 0 Å². The number of ether oxygens (including phenoxy) is 1. The molecule has 176 valence electrons. The number of tetrazole rings is 1. The van der Waals surface area contributed by atoms with E-state index in [9.17, 15) is 9.90 Å². The van der Waals surface area contributed by atoms with Gasteiger partial charge in [-0.05, 0) is 63.7 Å². The molecule has 1 saturated carbocycles. The summed E-state index contributed by atoms with van der Waals surface area (Å²) >= 11 is 5.07. The van der Waals surface area contributed by atoms with Gasteiger partial charge in [0, 0.05) is 17.1 Å². The summed E-state index contributed by atoms with van der Waals surface area (Å²) in [7, 11) is 0. The van der Waals surface area contributed by atoms with Gasteiger partial charge < -0.3 is 15.2 Å². The van der Waals surface area contributed by atoms with Crippen molar-refractivity contribution in [3.05, 3.63) is 39.9 Å². The Morgan fingerprint density at radius 3 is 2.67 bits per heavy atom. The molecule has 0 bridgehead atoms. The summed E-state index contributed by atoms with van der Waals surface area (Å²) in [6.07, 6.45) is 2.14. The summed E-state index contributed by atoms with van der Waals surface area (Å²) in [5, 5.41) is 28.2. The molecule has 10 heteroatoms. The monoisotopic (exact) mass is 533 g/mol. The summed E-state index contributed by atoms with van der Waals surface area (Å²) in [6, 6.07) is 8.70. The van der Waals surface area contributed by atoms with E-state index in [0.717, 1.165) is 29.0 Å². The first kappa shape index (κ1) is 23.7. The number of nitrogens with one attached hydrogen (secondary N) is 2. The number of aromatic amines is 1. The number of halogens is 1. The van der Waals surface area contributed by atoms with Crippen LogP contribution in [0.3, 0.4) is 0 Å². The van der Waals surface area contributed by atoms with Gasteiger partial charge in [-0.25, -0.2) is 4.79 Å². The quantitative estimate of drug-likeness (QED) is 0.345. The predicted molar refractivity (Wildman–Crippen MR) is 131 cm³/mol. The fraction of sp³-hybridized carbons (Fsp3) is 0.478. The van der Waals surface area contributed by atoms with Crippen molar-refractivity contribution in [3.63, 3.8) is 0 Å². The normalized spacial score (nSPS) is 18.6. The number of aliphatic carboxylic acids is 1. The molecule has 8 nitrogen and oxygen atoms in total. The van der Waals surface area contributed by atoms with Crippen molar-refractivity contribution >= 4 is 38.9 Å². The van der Waals surface area contributed by atoms with E-state index in [0.29, 0.717) is 27.1 Å². The van der Waals surface area contributed by atoms with Crippen LogP contribution in [0.2, 0.25) is 0 Å². The summed E-state index contributed by atoms with van der Waals surface area (Å²) in [5.74, 6) is -0.811. The molecule has 1 aliphatic rings. The molecule has 1 unspecified atom stereocenters. The van der Waals surface area contributed by atoms with Crippen LogP contribution in [-0.4, -0.2) is 37.7 Å². The van der Waals surface area contributed by atoms with Crippen molar-refractivity contribution in [3.8, 4) is 16.2 Å². The molecule has 1 fully saturated rings. The fourth-order valence-electron chi connectivity index (χ4n) is 5.16. The van der Waals surface area contributed by atoms with Gasteiger partial charge in [0.05, 0.1) is 9.35 Å². The lowest BCUT2D eigenvalue weighted by Gasteiger charge is -2.45. The van der Waals surface area contributed by atoms with Crippen LogP contribution < -0.4 is 10.1 Å². The van der Waals surface area contributed by atoms with E-state index in [4.69, 9.17) is 4.74 Å². The van der Waals surface area contributed by atoms with Crippen LogP contribution >= 0.6 is 27.3 Å². The minimum atomic E-state index is -1.35. The Bertz CT molecular complexity index is 1110. The van der Waals surface area contributed by atoms with Crippen LogP contribution in [0.1, 0.15) is 58.9 Å². The smallest absolute Gasteiger partial charge is 0.353 e. The van der Waals surface area contributed by atoms with E-state index < -0.39 is 12.1 Å². The lowest BCUT2D eigenvalue weighted by atomic mass is 9.63. The van der Waals surface area contributed by atoms with Crippen molar-refractivity contribution in [2.75, 3.05) is 5.32 Å². The van der Waals surface area contributed by atoms with E-state index in [-0.39, 0.29) is 5.82 Å². The Labute approximate surface area is 205 Å². The molecule has 2 aromatic heterocycles. The molecule has 0 saturated heterocycles. The number of carboxylic acids is 1. The predicted octanol–water partition coefficient (Wildman–Crippen LogP) is 5.91. The van der Waals surface area contributed by atoms with E-state index in [1.807, 2.05) is 12.1 Å². The molecule has 3 N–H and O–H groups in total. The van der Waals surface area contributed by atoms with Crippen molar-refractivity contribution in [2.24, 2.45) is 10.8 Å². The number of benzene rings is 1. The molecule has 0 aliphatic heterocycles. The highest BCUT2D eigenvalue weighted by Crippen LogP contribution is 2.47. The maximum Gasteiger partial charge on any atom is 0.353 e. The van der Waals surface area contributed by atoms with Gasteiger partial charge in [-0.3, -0.25) is 0 Å². The number of thiophene rings is 1. The van der Waals surface area contributed by atoms with Crippen molar-refractivity contribution in [1.29, 1.82) is 0 Å². The number of hydrogen-bond donors (Lipinski definition) is 3. The van der Waals surface area contributed by atoms with Gasteiger partial charge in [0.2, 0.25) is 5.82 Å². The van der Waals surface area contributed by atoms with E-state index in [1.54, 1.807) is 5.38 Å². The van der Waals surface area contributed by atoms with Gasteiger partial charge in [-0.2, -0.15) is 5.21 Å². The van der Waals surface area contributed by atoms with Gasteiger partial charge in [-0.15, -0.1) is 21.5 Å². The first-order chi connectivity index (χ1) is 15.5. The van der Waals surface area contributed by atoms with Gasteiger partial charge in [0.25, 0.3) is 6.10 Å². The van der Waals surface area contributed by atoms with Crippen molar-refractivity contribution < 1.29 is 14.6 Å². The largest absolute Gasteiger partial charge is 0.478 e. The second-order valence-electron chi connectivity index (χ2n) is 10.2. The molecule has 1 aromatic carbocycles. The maximum atomic E-state index is 11.6. The topological polar surface area (TPSA) is 113 Å². The number of anilines is 1. The lowest BCUT2D eigenvalue weighted by molar-refractivity contribution is -0.145. The molecule has 33 heavy (non-hydrogen) atoms. The van der Waals surface area contributed by atoms with Crippen LogP contribution in [0, 0.1) is 10.8 Å². The summed E-state index contributed by atoms with van der Waals surface area (Å²) in [4.78, 5) is 12.6. The average Bonchev–Trinajstić information content (AvgIpc) is 3.33. The third kappa shape index (κ3) is 5.55. The molecular formula is C23H28BrN5O3S. The van der Waals surface area contributed by atoms with Crippen molar-refractivity contribution in [1.82, 2.24) is 20.6 Å². The summed E-state index contributed by atoms with van der Waals surface area (Å²) in [5.41, 5.74) is 2.70. The molecule has 1 atom stereocenters. The molecule has 4 rings (SSSR count). The first-order valence-corrected chi connectivity index (χ1v) is 12.5. The number of carboxylic acid groups (broad SMARTS) is 1. The summed E-state index contributed by atoms with van der Waals surface area (Å²) in [6.45, 7) is 9.40. The van der Waals surface area contributed by atoms with Crippen LogP contribution in [0.15, 0.2) is 34.1 Å². The summed E-state index contributed by atoms with van der Waals surface area (Å²) < 4.78 is 6.41. The third-order valence-electron chi connectivity index (χ3n) is 5.82. The van der Waals surface area contributed by atoms with Gasteiger partial charge in [0.1, 0.15) is 5.75 Å². The standard InChI is InChI=1S/C23H28BrN5O3S/c1-22(2)9-15(10-23(3,4)12-22)25-14-7-5-6-13(8-14)19-17(24)16(11-33-19)32-18(21(30)31)20-26-28-29-27-20/h5-8,11,15,18,25H,9-10,12H2,1-4H3,(H,30,31)(H,26,27,28,29). The molecule has 0 amide bonds. The highest BCUT2D eigenvalue weighted by atomic mass is 79.9. The van der Waals surface area contributed by atoms with Crippen molar-refractivity contribution in [2.45, 2.75) is 59.1 Å². The second-order valence-corrected chi connectivity index (χ2v) is 11.9. The van der Waals surface area contributed by atoms with Gasteiger partial charge >= 0.3 is 5.97 Å². The average molecular weight is 534 g/mol. The van der Waals surface area contributed by atoms with Gasteiger partial charge in [-0.1, -0.05) is 45.0 Å². The Kier molecular flexibility index (Phi) is 6.50. The number of aromatic nitrogens is 4. The highest BCUT2D eigenvalue weighted by molar-refractivity contribution is 9.10. The molecule has 3 aromatic rings. The Morgan fingerprint density at radius 2 is 2.03 bits per heavy atom. The minimum Gasteiger partial charge on any atom is -0.478 e. The number of hydrogen-bond acceptors (Lipinski definition) is 7. The molecule has 1 aliphatic carbocycles. The molecule has 0 spiro atoms. The van der Waals surface area contributed by atoms with Crippen LogP contribution in [0.25, 0.3) is 10.4 Å². The van der Waals surface area contributed by atoms with Crippen LogP contribution in [0.4, 0.5) is 5.69 Å². The molecule has 0 radical (unpaired) electrons. The minimum absolute atomic E-state index is 0.0355. The number of carbonyl (C=O) groups is 1. The first-order valence-electron chi connectivity index (χ1n) is 10.8. The lowest BCUT2D eigenvalue weighted by Crippen LogP contribution is -2.40. The number of H-pyrrole nitrogens is 1.